The molecule has 0 saturated carbocycles. The van der Waals surface area contributed by atoms with Gasteiger partial charge in [0.15, 0.2) is 0 Å². The molecule has 3 aromatic carbocycles. The van der Waals surface area contributed by atoms with Gasteiger partial charge in [-0.1, -0.05) is 30.3 Å². The molecule has 1 heterocycles. The number of alkyl halides is 3. The summed E-state index contributed by atoms with van der Waals surface area (Å²) in [5, 5.41) is 0.378. The molecule has 0 fully saturated rings. The first-order valence-corrected chi connectivity index (χ1v) is 10.8. The number of anilines is 1. The number of benzene rings is 3. The molecule has 0 amide bonds. The Bertz CT molecular complexity index is 1500. The Balaban J connectivity index is 1.78. The normalized spacial score (nSPS) is 12.1. The van der Waals surface area contributed by atoms with Crippen molar-refractivity contribution >= 4 is 26.6 Å². The van der Waals surface area contributed by atoms with E-state index in [1.165, 1.54) is 28.8 Å². The van der Waals surface area contributed by atoms with E-state index in [2.05, 4.69) is 9.71 Å². The molecule has 0 radical (unpaired) electrons. The van der Waals surface area contributed by atoms with Crippen molar-refractivity contribution < 1.29 is 21.6 Å². The molecule has 10 heteroatoms. The maximum absolute atomic E-state index is 13.3. The van der Waals surface area contributed by atoms with E-state index in [1.807, 2.05) is 0 Å². The summed E-state index contributed by atoms with van der Waals surface area (Å²) >= 11 is 0. The van der Waals surface area contributed by atoms with Crippen molar-refractivity contribution in [3.63, 3.8) is 0 Å². The summed E-state index contributed by atoms with van der Waals surface area (Å²) < 4.78 is 68.8. The largest absolute Gasteiger partial charge is 0.417 e. The lowest BCUT2D eigenvalue weighted by atomic mass is 10.2. The molecule has 0 saturated heterocycles. The van der Waals surface area contributed by atoms with Crippen LogP contribution in [0.1, 0.15) is 11.4 Å². The third-order valence-corrected chi connectivity index (χ3v) is 6.22. The van der Waals surface area contributed by atoms with Crippen LogP contribution in [-0.2, 0) is 16.2 Å². The second kappa shape index (κ2) is 7.79. The number of para-hydroxylation sites is 1. The minimum absolute atomic E-state index is 0.000985. The summed E-state index contributed by atoms with van der Waals surface area (Å²) in [4.78, 5) is 16.5. The van der Waals surface area contributed by atoms with Gasteiger partial charge in [0.05, 0.1) is 32.7 Å². The minimum Gasteiger partial charge on any atom is -0.280 e. The molecule has 0 spiro atoms. The Morgan fingerprint density at radius 1 is 0.938 bits per heavy atom. The van der Waals surface area contributed by atoms with Crippen LogP contribution in [0, 0.1) is 6.92 Å². The van der Waals surface area contributed by atoms with Gasteiger partial charge in [-0.05, 0) is 49.4 Å². The van der Waals surface area contributed by atoms with E-state index in [-0.39, 0.29) is 11.2 Å². The number of fused-ring (bicyclic) bond motifs is 1. The van der Waals surface area contributed by atoms with Crippen LogP contribution < -0.4 is 10.3 Å². The Labute approximate surface area is 181 Å². The van der Waals surface area contributed by atoms with Crippen LogP contribution in [0.15, 0.2) is 82.5 Å². The molecule has 0 unspecified atom stereocenters. The monoisotopic (exact) mass is 459 g/mol. The molecule has 6 nitrogen and oxygen atoms in total. The zero-order valence-electron chi connectivity index (χ0n) is 16.6. The standard InChI is InChI=1S/C22H16F3N3O3S/c1-14-26-19-11-4-2-9-17(19)21(29)28(14)16-8-6-7-15(13-16)27-32(30,31)20-12-5-3-10-18(20)22(23,24)25/h2-13,27H,1H3. The van der Waals surface area contributed by atoms with Gasteiger partial charge in [-0.15, -0.1) is 0 Å². The first-order valence-electron chi connectivity index (χ1n) is 9.36. The third kappa shape index (κ3) is 3.96. The Morgan fingerprint density at radius 3 is 2.38 bits per heavy atom. The molecule has 164 valence electrons. The molecule has 32 heavy (non-hydrogen) atoms. The summed E-state index contributed by atoms with van der Waals surface area (Å²) in [6.07, 6.45) is -4.84. The number of rotatable bonds is 4. The van der Waals surface area contributed by atoms with Crippen LogP contribution in [0.5, 0.6) is 0 Å². The molecule has 1 aromatic heterocycles. The summed E-state index contributed by atoms with van der Waals surface area (Å²) in [5.41, 5.74) is -0.786. The van der Waals surface area contributed by atoms with E-state index in [4.69, 9.17) is 0 Å². The quantitative estimate of drug-likeness (QED) is 0.487. The zero-order valence-corrected chi connectivity index (χ0v) is 17.4. The number of nitrogens with one attached hydrogen (secondary N) is 1. The molecular weight excluding hydrogens is 443 g/mol. The summed E-state index contributed by atoms with van der Waals surface area (Å²) in [6, 6.07) is 16.5. The predicted octanol–water partition coefficient (Wildman–Crippen LogP) is 4.51. The van der Waals surface area contributed by atoms with Crippen LogP contribution in [0.25, 0.3) is 16.6 Å². The highest BCUT2D eigenvalue weighted by Gasteiger charge is 2.36. The maximum Gasteiger partial charge on any atom is 0.417 e. The summed E-state index contributed by atoms with van der Waals surface area (Å²) in [5.74, 6) is 0.371. The van der Waals surface area contributed by atoms with Gasteiger partial charge in [0, 0.05) is 0 Å². The highest BCUT2D eigenvalue weighted by molar-refractivity contribution is 7.92. The van der Waals surface area contributed by atoms with Gasteiger partial charge in [0.1, 0.15) is 5.82 Å². The van der Waals surface area contributed by atoms with Gasteiger partial charge in [0.2, 0.25) is 0 Å². The lowest BCUT2D eigenvalue weighted by Crippen LogP contribution is -2.22. The number of sulfonamides is 1. The highest BCUT2D eigenvalue weighted by atomic mass is 32.2. The fourth-order valence-corrected chi connectivity index (χ4v) is 4.68. The van der Waals surface area contributed by atoms with E-state index in [1.54, 1.807) is 37.3 Å². The van der Waals surface area contributed by atoms with Gasteiger partial charge in [-0.2, -0.15) is 13.2 Å². The molecule has 0 aliphatic rings. The highest BCUT2D eigenvalue weighted by Crippen LogP contribution is 2.34. The lowest BCUT2D eigenvalue weighted by Gasteiger charge is -2.15. The fourth-order valence-electron chi connectivity index (χ4n) is 3.40. The molecule has 4 rings (SSSR count). The lowest BCUT2D eigenvalue weighted by molar-refractivity contribution is -0.139. The molecule has 0 aliphatic heterocycles. The topological polar surface area (TPSA) is 81.1 Å². The Kier molecular flexibility index (Phi) is 5.25. The second-order valence-electron chi connectivity index (χ2n) is 6.97. The van der Waals surface area contributed by atoms with Crippen molar-refractivity contribution in [2.45, 2.75) is 18.0 Å². The third-order valence-electron chi connectivity index (χ3n) is 4.78. The maximum atomic E-state index is 13.3. The predicted molar refractivity (Wildman–Crippen MR) is 114 cm³/mol. The number of nitrogens with zero attached hydrogens (tertiary/aromatic N) is 2. The number of halogens is 3. The van der Waals surface area contributed by atoms with Gasteiger partial charge in [0.25, 0.3) is 15.6 Å². The van der Waals surface area contributed by atoms with Crippen LogP contribution in [0.4, 0.5) is 18.9 Å². The first kappa shape index (κ1) is 21.6. The SMILES string of the molecule is Cc1nc2ccccc2c(=O)n1-c1cccc(NS(=O)(=O)c2ccccc2C(F)(F)F)c1. The van der Waals surface area contributed by atoms with Crippen LogP contribution in [0.2, 0.25) is 0 Å². The molecule has 4 aromatic rings. The van der Waals surface area contributed by atoms with Crippen LogP contribution >= 0.6 is 0 Å². The van der Waals surface area contributed by atoms with Crippen molar-refractivity contribution in [3.05, 3.63) is 94.5 Å². The average molecular weight is 459 g/mol. The summed E-state index contributed by atoms with van der Waals surface area (Å²) in [6.45, 7) is 1.63. The molecule has 0 aliphatic carbocycles. The van der Waals surface area contributed by atoms with Crippen LogP contribution in [-0.4, -0.2) is 18.0 Å². The molecule has 0 atom stereocenters. The van der Waals surface area contributed by atoms with Gasteiger partial charge in [-0.25, -0.2) is 13.4 Å². The Morgan fingerprint density at radius 2 is 1.62 bits per heavy atom. The van der Waals surface area contributed by atoms with E-state index in [0.29, 0.717) is 28.5 Å². The van der Waals surface area contributed by atoms with E-state index < -0.39 is 26.7 Å². The molecular formula is C22H16F3N3O3S. The van der Waals surface area contributed by atoms with E-state index >= 15 is 0 Å². The van der Waals surface area contributed by atoms with Gasteiger partial charge < -0.3 is 0 Å². The van der Waals surface area contributed by atoms with Crippen molar-refractivity contribution in [1.82, 2.24) is 9.55 Å². The number of aromatic nitrogens is 2. The van der Waals surface area contributed by atoms with Gasteiger partial charge in [-0.3, -0.25) is 14.1 Å². The molecule has 0 bridgehead atoms. The number of hydrogen-bond acceptors (Lipinski definition) is 4. The minimum atomic E-state index is -4.84. The van der Waals surface area contributed by atoms with Crippen LogP contribution in [0.3, 0.4) is 0 Å². The zero-order chi connectivity index (χ0) is 23.1. The summed E-state index contributed by atoms with van der Waals surface area (Å²) in [7, 11) is -4.55. The molecule has 1 N–H and O–H groups in total. The van der Waals surface area contributed by atoms with Gasteiger partial charge >= 0.3 is 6.18 Å². The van der Waals surface area contributed by atoms with Crippen molar-refractivity contribution in [3.8, 4) is 5.69 Å². The van der Waals surface area contributed by atoms with Crippen molar-refractivity contribution in [1.29, 1.82) is 0 Å². The van der Waals surface area contributed by atoms with E-state index in [0.717, 1.165) is 12.1 Å². The number of hydrogen-bond donors (Lipinski definition) is 1. The van der Waals surface area contributed by atoms with Crippen molar-refractivity contribution in [2.75, 3.05) is 4.72 Å². The van der Waals surface area contributed by atoms with E-state index in [9.17, 15) is 26.4 Å². The second-order valence-corrected chi connectivity index (χ2v) is 8.62. The fraction of sp³-hybridized carbons (Fsp3) is 0.0909. The smallest absolute Gasteiger partial charge is 0.280 e. The number of aryl methyl sites for hydroxylation is 1. The first-order chi connectivity index (χ1) is 15.1. The Hall–Kier alpha value is -3.66. The average Bonchev–Trinajstić information content (AvgIpc) is 2.73. The van der Waals surface area contributed by atoms with Crippen molar-refractivity contribution in [2.24, 2.45) is 0 Å².